The number of hydrogen-bond acceptors (Lipinski definition) is 6. The summed E-state index contributed by atoms with van der Waals surface area (Å²) in [4.78, 5) is 22.6. The number of rotatable bonds is 8. The van der Waals surface area contributed by atoms with Crippen LogP contribution in [0.25, 0.3) is 16.7 Å². The molecule has 3 aromatic carbocycles. The Kier molecular flexibility index (Phi) is 6.72. The molecule has 7 nitrogen and oxygen atoms in total. The molecule has 0 radical (unpaired) electrons. The van der Waals surface area contributed by atoms with Crippen molar-refractivity contribution in [2.45, 2.75) is 17.2 Å². The monoisotopic (exact) mass is 481 g/mol. The fourth-order valence-corrected chi connectivity index (χ4v) is 4.80. The van der Waals surface area contributed by atoms with Crippen LogP contribution in [0.15, 0.2) is 102 Å². The van der Waals surface area contributed by atoms with E-state index in [1.54, 1.807) is 10.9 Å². The second-order valence-electron chi connectivity index (χ2n) is 7.64. The Balaban J connectivity index is 1.50. The summed E-state index contributed by atoms with van der Waals surface area (Å²) in [6.45, 7) is 2.42. The van der Waals surface area contributed by atoms with Gasteiger partial charge in [-0.1, -0.05) is 72.4 Å². The Morgan fingerprint density at radius 3 is 2.46 bits per heavy atom. The number of para-hydroxylation sites is 3. The molecule has 5 rings (SSSR count). The first-order valence-corrected chi connectivity index (χ1v) is 12.1. The predicted octanol–water partition coefficient (Wildman–Crippen LogP) is 5.69. The summed E-state index contributed by atoms with van der Waals surface area (Å²) < 4.78 is 7.47. The Bertz CT molecular complexity index is 1440. The molecule has 2 heterocycles. The average molecular weight is 482 g/mol. The van der Waals surface area contributed by atoms with Gasteiger partial charge in [0.15, 0.2) is 5.65 Å². The lowest BCUT2D eigenvalue weighted by Gasteiger charge is -2.18. The molecule has 0 fully saturated rings. The molecule has 2 aromatic heterocycles. The van der Waals surface area contributed by atoms with Crippen molar-refractivity contribution in [2.75, 3.05) is 11.9 Å². The quantitative estimate of drug-likeness (QED) is 0.227. The van der Waals surface area contributed by atoms with Gasteiger partial charge in [0, 0.05) is 0 Å². The maximum Gasteiger partial charge on any atom is 0.242 e. The molecule has 1 amide bonds. The number of carbonyl (C=O) groups excluding carboxylic acids is 1. The summed E-state index contributed by atoms with van der Waals surface area (Å²) >= 11 is 1.37. The Morgan fingerprint density at radius 2 is 1.69 bits per heavy atom. The molecular weight excluding hydrogens is 458 g/mol. The average Bonchev–Trinajstić information content (AvgIpc) is 3.34. The SMILES string of the molecule is CCOc1ccccc1NC(=O)[C@@H](Sc1ncnc2c1cnn2-c1ccccc1)c1ccccc1. The van der Waals surface area contributed by atoms with Crippen molar-refractivity contribution in [1.29, 1.82) is 0 Å². The number of ether oxygens (including phenoxy) is 1. The molecule has 0 unspecified atom stereocenters. The van der Waals surface area contributed by atoms with Gasteiger partial charge in [0.25, 0.3) is 0 Å². The first kappa shape index (κ1) is 22.6. The molecule has 0 saturated heterocycles. The minimum absolute atomic E-state index is 0.171. The lowest BCUT2D eigenvalue weighted by atomic mass is 10.1. The zero-order chi connectivity index (χ0) is 24.0. The maximum atomic E-state index is 13.6. The van der Waals surface area contributed by atoms with E-state index in [-0.39, 0.29) is 5.91 Å². The smallest absolute Gasteiger partial charge is 0.242 e. The number of nitrogens with one attached hydrogen (secondary N) is 1. The molecule has 0 spiro atoms. The van der Waals surface area contributed by atoms with Crippen LogP contribution in [0.4, 0.5) is 5.69 Å². The minimum Gasteiger partial charge on any atom is -0.492 e. The van der Waals surface area contributed by atoms with Crippen molar-refractivity contribution in [3.05, 3.63) is 103 Å². The summed E-state index contributed by atoms with van der Waals surface area (Å²) in [5.74, 6) is 0.462. The number of thioether (sulfide) groups is 1. The van der Waals surface area contributed by atoms with Crippen LogP contribution in [-0.4, -0.2) is 32.3 Å². The number of fused-ring (bicyclic) bond motifs is 1. The first-order valence-electron chi connectivity index (χ1n) is 11.2. The van der Waals surface area contributed by atoms with Crippen LogP contribution in [0, 0.1) is 0 Å². The molecular formula is C27H23N5O2S. The lowest BCUT2D eigenvalue weighted by molar-refractivity contribution is -0.115. The molecule has 1 atom stereocenters. The normalized spacial score (nSPS) is 11.8. The van der Waals surface area contributed by atoms with Crippen LogP contribution < -0.4 is 10.1 Å². The number of aromatic nitrogens is 4. The molecule has 35 heavy (non-hydrogen) atoms. The first-order chi connectivity index (χ1) is 17.2. The van der Waals surface area contributed by atoms with Gasteiger partial charge in [-0.15, -0.1) is 0 Å². The van der Waals surface area contributed by atoms with E-state index >= 15 is 0 Å². The van der Waals surface area contributed by atoms with Crippen molar-refractivity contribution in [3.8, 4) is 11.4 Å². The van der Waals surface area contributed by atoms with E-state index in [4.69, 9.17) is 4.74 Å². The third-order valence-corrected chi connectivity index (χ3v) is 6.62. The fourth-order valence-electron chi connectivity index (χ4n) is 3.74. The predicted molar refractivity (Wildman–Crippen MR) is 138 cm³/mol. The van der Waals surface area contributed by atoms with Gasteiger partial charge in [0.2, 0.25) is 5.91 Å². The van der Waals surface area contributed by atoms with E-state index in [1.165, 1.54) is 18.1 Å². The van der Waals surface area contributed by atoms with Gasteiger partial charge in [0.1, 0.15) is 22.4 Å². The van der Waals surface area contributed by atoms with Crippen LogP contribution in [-0.2, 0) is 4.79 Å². The van der Waals surface area contributed by atoms with E-state index in [1.807, 2.05) is 91.9 Å². The highest BCUT2D eigenvalue weighted by atomic mass is 32.2. The maximum absolute atomic E-state index is 13.6. The third-order valence-electron chi connectivity index (χ3n) is 5.34. The largest absolute Gasteiger partial charge is 0.492 e. The fraction of sp³-hybridized carbons (Fsp3) is 0.111. The van der Waals surface area contributed by atoms with Crippen LogP contribution in [0.3, 0.4) is 0 Å². The Morgan fingerprint density at radius 1 is 0.971 bits per heavy atom. The highest BCUT2D eigenvalue weighted by molar-refractivity contribution is 8.00. The zero-order valence-electron chi connectivity index (χ0n) is 19.0. The topological polar surface area (TPSA) is 81.9 Å². The number of nitrogens with zero attached hydrogens (tertiary/aromatic N) is 4. The van der Waals surface area contributed by atoms with Gasteiger partial charge in [-0.3, -0.25) is 4.79 Å². The number of benzene rings is 3. The van der Waals surface area contributed by atoms with Gasteiger partial charge in [-0.25, -0.2) is 14.6 Å². The minimum atomic E-state index is -0.552. The molecule has 1 N–H and O–H groups in total. The van der Waals surface area contributed by atoms with Crippen LogP contribution in [0.2, 0.25) is 0 Å². The van der Waals surface area contributed by atoms with Gasteiger partial charge in [-0.05, 0) is 36.8 Å². The van der Waals surface area contributed by atoms with Crippen molar-refractivity contribution < 1.29 is 9.53 Å². The van der Waals surface area contributed by atoms with Crippen molar-refractivity contribution in [3.63, 3.8) is 0 Å². The molecule has 5 aromatic rings. The van der Waals surface area contributed by atoms with E-state index in [9.17, 15) is 4.79 Å². The molecule has 0 aliphatic carbocycles. The lowest BCUT2D eigenvalue weighted by Crippen LogP contribution is -2.19. The number of hydrogen-bond donors (Lipinski definition) is 1. The molecule has 8 heteroatoms. The van der Waals surface area contributed by atoms with Crippen LogP contribution >= 0.6 is 11.8 Å². The van der Waals surface area contributed by atoms with E-state index in [2.05, 4.69) is 20.4 Å². The van der Waals surface area contributed by atoms with Gasteiger partial charge < -0.3 is 10.1 Å². The molecule has 0 aliphatic heterocycles. The third kappa shape index (κ3) is 4.88. The standard InChI is InChI=1S/C27H23N5O2S/c1-2-34-23-16-10-9-15-22(23)31-26(33)24(19-11-5-3-6-12-19)35-27-21-17-30-32(25(21)28-18-29-27)20-13-7-4-8-14-20/h3-18,24H,2H2,1H3,(H,31,33)/t24-/m0/s1. The van der Waals surface area contributed by atoms with Crippen molar-refractivity contribution >= 4 is 34.4 Å². The summed E-state index contributed by atoms with van der Waals surface area (Å²) in [6, 6.07) is 26.9. The second-order valence-corrected chi connectivity index (χ2v) is 8.73. The molecule has 0 aliphatic rings. The highest BCUT2D eigenvalue weighted by Crippen LogP contribution is 2.39. The van der Waals surface area contributed by atoms with E-state index in [0.717, 1.165) is 16.6 Å². The van der Waals surface area contributed by atoms with E-state index < -0.39 is 5.25 Å². The van der Waals surface area contributed by atoms with Crippen LogP contribution in [0.5, 0.6) is 5.75 Å². The van der Waals surface area contributed by atoms with Gasteiger partial charge >= 0.3 is 0 Å². The zero-order valence-corrected chi connectivity index (χ0v) is 19.9. The number of amides is 1. The van der Waals surface area contributed by atoms with E-state index in [0.29, 0.717) is 28.7 Å². The number of anilines is 1. The summed E-state index contributed by atoms with van der Waals surface area (Å²) in [7, 11) is 0. The van der Waals surface area contributed by atoms with Crippen molar-refractivity contribution in [2.24, 2.45) is 0 Å². The summed E-state index contributed by atoms with van der Waals surface area (Å²) in [6.07, 6.45) is 3.26. The van der Waals surface area contributed by atoms with Gasteiger partial charge in [-0.2, -0.15) is 5.10 Å². The van der Waals surface area contributed by atoms with Crippen LogP contribution in [0.1, 0.15) is 17.7 Å². The Labute approximate surface area is 207 Å². The summed E-state index contributed by atoms with van der Waals surface area (Å²) in [5, 5.41) is 8.49. The molecule has 0 bridgehead atoms. The summed E-state index contributed by atoms with van der Waals surface area (Å²) in [5.41, 5.74) is 3.08. The van der Waals surface area contributed by atoms with Gasteiger partial charge in [0.05, 0.1) is 29.6 Å². The second kappa shape index (κ2) is 10.4. The molecule has 174 valence electrons. The highest BCUT2D eigenvalue weighted by Gasteiger charge is 2.25. The van der Waals surface area contributed by atoms with Crippen molar-refractivity contribution in [1.82, 2.24) is 19.7 Å². The number of carbonyl (C=O) groups is 1. The Hall–Kier alpha value is -4.17. The molecule has 0 saturated carbocycles.